The highest BCUT2D eigenvalue weighted by Crippen LogP contribution is 2.13. The van der Waals surface area contributed by atoms with Gasteiger partial charge in [0.25, 0.3) is 5.91 Å². The van der Waals surface area contributed by atoms with E-state index in [1.54, 1.807) is 38.3 Å². The summed E-state index contributed by atoms with van der Waals surface area (Å²) >= 11 is 0. The third-order valence-corrected chi connectivity index (χ3v) is 3.51. The van der Waals surface area contributed by atoms with Gasteiger partial charge in [0.15, 0.2) is 0 Å². The second-order valence-electron chi connectivity index (χ2n) is 5.20. The van der Waals surface area contributed by atoms with Gasteiger partial charge in [-0.1, -0.05) is 30.3 Å². The number of hydrogen-bond donors (Lipinski definition) is 1. The summed E-state index contributed by atoms with van der Waals surface area (Å²) in [4.78, 5) is 24.5. The lowest BCUT2D eigenvalue weighted by molar-refractivity contribution is -0.145. The van der Waals surface area contributed by atoms with Crippen molar-refractivity contribution in [3.63, 3.8) is 0 Å². The van der Waals surface area contributed by atoms with Crippen molar-refractivity contribution < 1.29 is 19.1 Å². The van der Waals surface area contributed by atoms with E-state index in [0.717, 1.165) is 11.3 Å². The van der Waals surface area contributed by atoms with Crippen LogP contribution in [-0.4, -0.2) is 31.6 Å². The van der Waals surface area contributed by atoms with Gasteiger partial charge in [-0.3, -0.25) is 4.79 Å². The van der Waals surface area contributed by atoms with Crippen LogP contribution >= 0.6 is 0 Å². The maximum Gasteiger partial charge on any atom is 0.328 e. The number of rotatable bonds is 7. The number of benzene rings is 2. The van der Waals surface area contributed by atoms with Crippen molar-refractivity contribution in [1.82, 2.24) is 5.32 Å². The molecule has 0 unspecified atom stereocenters. The molecule has 2 aromatic carbocycles. The molecule has 0 radical (unpaired) electrons. The Bertz CT molecular complexity index is 668. The number of esters is 1. The molecule has 2 rings (SSSR count). The van der Waals surface area contributed by atoms with Gasteiger partial charge in [-0.05, 0) is 36.8 Å². The molecule has 0 spiro atoms. The van der Waals surface area contributed by atoms with Crippen LogP contribution < -0.4 is 10.1 Å². The summed E-state index contributed by atoms with van der Waals surface area (Å²) in [5.41, 5.74) is 1.41. The van der Waals surface area contributed by atoms with Gasteiger partial charge in [0.05, 0.1) is 13.7 Å². The first-order valence-electron chi connectivity index (χ1n) is 7.79. The van der Waals surface area contributed by atoms with Gasteiger partial charge in [-0.2, -0.15) is 0 Å². The van der Waals surface area contributed by atoms with Gasteiger partial charge in [-0.25, -0.2) is 4.79 Å². The molecule has 2 aromatic rings. The van der Waals surface area contributed by atoms with Crippen LogP contribution in [0.1, 0.15) is 22.8 Å². The molecule has 0 saturated heterocycles. The minimum atomic E-state index is -0.744. The largest absolute Gasteiger partial charge is 0.497 e. The summed E-state index contributed by atoms with van der Waals surface area (Å²) in [7, 11) is 1.59. The van der Waals surface area contributed by atoms with E-state index in [-0.39, 0.29) is 12.5 Å². The third kappa shape index (κ3) is 4.84. The Balaban J connectivity index is 2.11. The number of carbonyl (C=O) groups is 2. The van der Waals surface area contributed by atoms with Gasteiger partial charge < -0.3 is 14.8 Å². The Morgan fingerprint density at radius 2 is 1.71 bits per heavy atom. The van der Waals surface area contributed by atoms with E-state index in [9.17, 15) is 9.59 Å². The van der Waals surface area contributed by atoms with Gasteiger partial charge in [0, 0.05) is 12.0 Å². The van der Waals surface area contributed by atoms with Gasteiger partial charge in [-0.15, -0.1) is 0 Å². The standard InChI is InChI=1S/C19H21NO4/c1-3-24-19(22)17(13-14-9-11-16(23-2)12-10-14)20-18(21)15-7-5-4-6-8-15/h4-12,17H,3,13H2,1-2H3,(H,20,21)/t17-/m1/s1. The SMILES string of the molecule is CCOC(=O)[C@@H](Cc1ccc(OC)cc1)NC(=O)c1ccccc1. The first kappa shape index (κ1) is 17.5. The lowest BCUT2D eigenvalue weighted by Gasteiger charge is -2.17. The molecule has 0 aromatic heterocycles. The van der Waals surface area contributed by atoms with Crippen molar-refractivity contribution in [2.45, 2.75) is 19.4 Å². The molecule has 1 amide bonds. The highest BCUT2D eigenvalue weighted by Gasteiger charge is 2.23. The fourth-order valence-corrected chi connectivity index (χ4v) is 2.26. The summed E-state index contributed by atoms with van der Waals surface area (Å²) in [6.07, 6.45) is 0.349. The van der Waals surface area contributed by atoms with E-state index in [2.05, 4.69) is 5.32 Å². The minimum absolute atomic E-state index is 0.263. The minimum Gasteiger partial charge on any atom is -0.497 e. The predicted octanol–water partition coefficient (Wildman–Crippen LogP) is 2.60. The predicted molar refractivity (Wildman–Crippen MR) is 91.0 cm³/mol. The van der Waals surface area contributed by atoms with Crippen molar-refractivity contribution in [2.75, 3.05) is 13.7 Å². The normalized spacial score (nSPS) is 11.4. The Labute approximate surface area is 141 Å². The molecule has 24 heavy (non-hydrogen) atoms. The zero-order valence-corrected chi connectivity index (χ0v) is 13.8. The summed E-state index contributed by atoms with van der Waals surface area (Å²) in [5.74, 6) is -0.0143. The van der Waals surface area contributed by atoms with Crippen molar-refractivity contribution in [3.05, 3.63) is 65.7 Å². The van der Waals surface area contributed by atoms with Crippen LogP contribution in [0.4, 0.5) is 0 Å². The zero-order chi connectivity index (χ0) is 17.4. The fraction of sp³-hybridized carbons (Fsp3) is 0.263. The molecule has 0 aliphatic carbocycles. The number of nitrogens with one attached hydrogen (secondary N) is 1. The number of carbonyl (C=O) groups excluding carboxylic acids is 2. The van der Waals surface area contributed by atoms with Crippen molar-refractivity contribution in [3.8, 4) is 5.75 Å². The summed E-state index contributed by atoms with van der Waals surface area (Å²) in [5, 5.41) is 2.75. The van der Waals surface area contributed by atoms with Gasteiger partial charge in [0.2, 0.25) is 0 Å². The number of methoxy groups -OCH3 is 1. The molecule has 126 valence electrons. The Morgan fingerprint density at radius 3 is 2.29 bits per heavy atom. The summed E-state index contributed by atoms with van der Waals surface area (Å²) in [6.45, 7) is 2.00. The molecule has 5 nitrogen and oxygen atoms in total. The molecule has 5 heteroatoms. The van der Waals surface area contributed by atoms with Crippen LogP contribution in [0.25, 0.3) is 0 Å². The number of ether oxygens (including phenoxy) is 2. The van der Waals surface area contributed by atoms with Crippen molar-refractivity contribution >= 4 is 11.9 Å². The third-order valence-electron chi connectivity index (χ3n) is 3.51. The number of amides is 1. The highest BCUT2D eigenvalue weighted by molar-refractivity contribution is 5.96. The van der Waals surface area contributed by atoms with Crippen LogP contribution in [0.5, 0.6) is 5.75 Å². The van der Waals surface area contributed by atoms with E-state index >= 15 is 0 Å². The molecule has 1 N–H and O–H groups in total. The van der Waals surface area contributed by atoms with Crippen LogP contribution in [-0.2, 0) is 16.0 Å². The molecular weight excluding hydrogens is 306 g/mol. The van der Waals surface area contributed by atoms with E-state index in [4.69, 9.17) is 9.47 Å². The second-order valence-corrected chi connectivity index (χ2v) is 5.20. The molecule has 0 saturated carbocycles. The van der Waals surface area contributed by atoms with Crippen LogP contribution in [0.15, 0.2) is 54.6 Å². The average Bonchev–Trinajstić information content (AvgIpc) is 2.62. The Kier molecular flexibility index (Phi) is 6.37. The van der Waals surface area contributed by atoms with E-state index in [0.29, 0.717) is 12.0 Å². The van der Waals surface area contributed by atoms with E-state index < -0.39 is 12.0 Å². The molecule has 0 aliphatic rings. The van der Waals surface area contributed by atoms with Crippen molar-refractivity contribution in [1.29, 1.82) is 0 Å². The maximum absolute atomic E-state index is 12.3. The number of hydrogen-bond acceptors (Lipinski definition) is 4. The van der Waals surface area contributed by atoms with Gasteiger partial charge in [0.1, 0.15) is 11.8 Å². The smallest absolute Gasteiger partial charge is 0.328 e. The first-order chi connectivity index (χ1) is 11.6. The maximum atomic E-state index is 12.3. The van der Waals surface area contributed by atoms with Crippen molar-refractivity contribution in [2.24, 2.45) is 0 Å². The molecule has 0 heterocycles. The lowest BCUT2D eigenvalue weighted by Crippen LogP contribution is -2.43. The molecule has 0 aliphatic heterocycles. The summed E-state index contributed by atoms with van der Waals surface area (Å²) in [6, 6.07) is 15.4. The molecule has 1 atom stereocenters. The Morgan fingerprint density at radius 1 is 1.04 bits per heavy atom. The topological polar surface area (TPSA) is 64.6 Å². The molecule has 0 bridgehead atoms. The highest BCUT2D eigenvalue weighted by atomic mass is 16.5. The fourth-order valence-electron chi connectivity index (χ4n) is 2.26. The molecular formula is C19H21NO4. The molecule has 0 fully saturated rings. The lowest BCUT2D eigenvalue weighted by atomic mass is 10.1. The van der Waals surface area contributed by atoms with E-state index in [1.807, 2.05) is 30.3 Å². The summed E-state index contributed by atoms with van der Waals surface area (Å²) < 4.78 is 10.2. The quantitative estimate of drug-likeness (QED) is 0.794. The van der Waals surface area contributed by atoms with Crippen LogP contribution in [0, 0.1) is 0 Å². The monoisotopic (exact) mass is 327 g/mol. The first-order valence-corrected chi connectivity index (χ1v) is 7.79. The van der Waals surface area contributed by atoms with Crippen LogP contribution in [0.3, 0.4) is 0 Å². The average molecular weight is 327 g/mol. The van der Waals surface area contributed by atoms with Gasteiger partial charge >= 0.3 is 5.97 Å². The zero-order valence-electron chi connectivity index (χ0n) is 13.8. The van der Waals surface area contributed by atoms with Crippen LogP contribution in [0.2, 0.25) is 0 Å². The second kappa shape index (κ2) is 8.72. The van der Waals surface area contributed by atoms with E-state index in [1.165, 1.54) is 0 Å². The Hall–Kier alpha value is -2.82.